The molecule has 3 rings (SSSR count). The third-order valence-electron chi connectivity index (χ3n) is 4.11. The first kappa shape index (κ1) is 12.7. The van der Waals surface area contributed by atoms with Crippen LogP contribution < -0.4 is 5.32 Å². The van der Waals surface area contributed by atoms with Gasteiger partial charge in [-0.2, -0.15) is 0 Å². The molecule has 2 nitrogen and oxygen atoms in total. The van der Waals surface area contributed by atoms with Crippen molar-refractivity contribution < 1.29 is 4.79 Å². The Bertz CT molecular complexity index is 493. The van der Waals surface area contributed by atoms with Gasteiger partial charge in [0.2, 0.25) is 0 Å². The van der Waals surface area contributed by atoms with E-state index in [1.807, 2.05) is 18.2 Å². The van der Waals surface area contributed by atoms with Crippen LogP contribution in [0.5, 0.6) is 0 Å². The van der Waals surface area contributed by atoms with E-state index in [0.29, 0.717) is 11.0 Å². The number of nitrogens with one attached hydrogen (secondary N) is 1. The summed E-state index contributed by atoms with van der Waals surface area (Å²) < 4.78 is 1.81. The van der Waals surface area contributed by atoms with Crippen molar-refractivity contribution in [3.05, 3.63) is 32.7 Å². The number of hydrogen-bond acceptors (Lipinski definition) is 1. The van der Waals surface area contributed by atoms with Gasteiger partial charge in [0.05, 0.1) is 5.56 Å². The Morgan fingerprint density at radius 3 is 2.61 bits per heavy atom. The van der Waals surface area contributed by atoms with Crippen LogP contribution in [0.2, 0.25) is 0 Å². The van der Waals surface area contributed by atoms with Gasteiger partial charge in [-0.3, -0.25) is 4.79 Å². The van der Waals surface area contributed by atoms with Crippen molar-refractivity contribution in [2.24, 2.45) is 11.3 Å². The Hall–Kier alpha value is -0.350. The van der Waals surface area contributed by atoms with Crippen molar-refractivity contribution >= 4 is 37.8 Å². The summed E-state index contributed by atoms with van der Waals surface area (Å²) in [4.78, 5) is 12.1. The Balaban J connectivity index is 1.64. The third kappa shape index (κ3) is 2.50. The molecule has 0 unspecified atom stereocenters. The minimum Gasteiger partial charge on any atom is -0.351 e. The van der Waals surface area contributed by atoms with E-state index in [0.717, 1.165) is 21.4 Å². The number of amides is 1. The van der Waals surface area contributed by atoms with Gasteiger partial charge in [-0.25, -0.2) is 0 Å². The third-order valence-corrected chi connectivity index (χ3v) is 5.26. The van der Waals surface area contributed by atoms with Crippen LogP contribution in [0.4, 0.5) is 0 Å². The van der Waals surface area contributed by atoms with Gasteiger partial charge < -0.3 is 5.32 Å². The molecule has 2 saturated carbocycles. The summed E-state index contributed by atoms with van der Waals surface area (Å²) in [7, 11) is 0. The van der Waals surface area contributed by atoms with E-state index >= 15 is 0 Å². The van der Waals surface area contributed by atoms with Gasteiger partial charge >= 0.3 is 0 Å². The number of carbonyl (C=O) groups excluding carboxylic acids is 1. The maximum Gasteiger partial charge on any atom is 0.252 e. The summed E-state index contributed by atoms with van der Waals surface area (Å²) in [5.74, 6) is 0.910. The zero-order valence-electron chi connectivity index (χ0n) is 10.0. The predicted molar refractivity (Wildman–Crippen MR) is 78.6 cm³/mol. The Morgan fingerprint density at radius 1 is 1.33 bits per heavy atom. The first-order chi connectivity index (χ1) is 8.61. The number of rotatable bonds is 4. The lowest BCUT2D eigenvalue weighted by molar-refractivity contribution is 0.0942. The molecule has 96 valence electrons. The van der Waals surface area contributed by atoms with Crippen molar-refractivity contribution in [3.63, 3.8) is 0 Å². The minimum absolute atomic E-state index is 0.0290. The average molecular weight is 373 g/mol. The molecule has 4 heteroatoms. The lowest BCUT2D eigenvalue weighted by atomic mass is 10.0. The second-order valence-electron chi connectivity index (χ2n) is 5.44. The first-order valence-corrected chi connectivity index (χ1v) is 7.93. The smallest absolute Gasteiger partial charge is 0.252 e. The Labute approximate surface area is 124 Å². The SMILES string of the molecule is O=C(NCC1(C2CC2)CC1)c1ccc(Br)cc1Br. The van der Waals surface area contributed by atoms with E-state index in [-0.39, 0.29) is 5.91 Å². The fraction of sp³-hybridized carbons (Fsp3) is 0.500. The molecule has 0 heterocycles. The molecule has 0 radical (unpaired) electrons. The molecule has 1 N–H and O–H groups in total. The molecule has 0 aromatic heterocycles. The minimum atomic E-state index is 0.0290. The van der Waals surface area contributed by atoms with Crippen LogP contribution in [0.3, 0.4) is 0 Å². The number of hydrogen-bond donors (Lipinski definition) is 1. The van der Waals surface area contributed by atoms with Gasteiger partial charge in [-0.05, 0) is 71.1 Å². The van der Waals surface area contributed by atoms with E-state index in [9.17, 15) is 4.79 Å². The molecule has 1 amide bonds. The molecular formula is C14H15Br2NO. The molecule has 0 saturated heterocycles. The molecule has 1 aromatic carbocycles. The van der Waals surface area contributed by atoms with Crippen molar-refractivity contribution in [1.82, 2.24) is 5.32 Å². The van der Waals surface area contributed by atoms with Crippen LogP contribution in [0.25, 0.3) is 0 Å². The second kappa shape index (κ2) is 4.64. The van der Waals surface area contributed by atoms with Crippen LogP contribution in [-0.2, 0) is 0 Å². The quantitative estimate of drug-likeness (QED) is 0.845. The van der Waals surface area contributed by atoms with Crippen molar-refractivity contribution in [2.75, 3.05) is 6.54 Å². The molecule has 0 atom stereocenters. The van der Waals surface area contributed by atoms with Crippen LogP contribution in [0.15, 0.2) is 27.1 Å². The number of halogens is 2. The van der Waals surface area contributed by atoms with Crippen molar-refractivity contribution in [2.45, 2.75) is 25.7 Å². The summed E-state index contributed by atoms with van der Waals surface area (Å²) in [6, 6.07) is 5.65. The van der Waals surface area contributed by atoms with E-state index in [1.54, 1.807) is 0 Å². The number of benzene rings is 1. The van der Waals surface area contributed by atoms with Gasteiger partial charge in [0, 0.05) is 15.5 Å². The average Bonchev–Trinajstić information content (AvgIpc) is 3.17. The summed E-state index contributed by atoms with van der Waals surface area (Å²) in [5.41, 5.74) is 1.17. The topological polar surface area (TPSA) is 29.1 Å². The standard InChI is InChI=1S/C14H15Br2NO/c15-10-3-4-11(12(16)7-10)13(18)17-8-14(5-6-14)9-1-2-9/h3-4,7,9H,1-2,5-6,8H2,(H,17,18). The zero-order chi connectivity index (χ0) is 12.8. The highest BCUT2D eigenvalue weighted by Crippen LogP contribution is 2.60. The highest BCUT2D eigenvalue weighted by Gasteiger charge is 2.53. The van der Waals surface area contributed by atoms with E-state index in [2.05, 4.69) is 37.2 Å². The maximum absolute atomic E-state index is 12.1. The molecule has 0 bridgehead atoms. The van der Waals surface area contributed by atoms with Gasteiger partial charge in [0.15, 0.2) is 0 Å². The molecule has 2 aliphatic rings. The molecule has 18 heavy (non-hydrogen) atoms. The predicted octanol–water partition coefficient (Wildman–Crippen LogP) is 4.13. The van der Waals surface area contributed by atoms with Gasteiger partial charge in [-0.1, -0.05) is 15.9 Å². The Kier molecular flexibility index (Phi) is 3.27. The molecule has 0 aliphatic heterocycles. The summed E-state index contributed by atoms with van der Waals surface area (Å²) in [5, 5.41) is 3.10. The summed E-state index contributed by atoms with van der Waals surface area (Å²) in [6.45, 7) is 0.846. The molecule has 2 fully saturated rings. The van der Waals surface area contributed by atoms with Gasteiger partial charge in [0.25, 0.3) is 5.91 Å². The normalized spacial score (nSPS) is 20.6. The fourth-order valence-corrected chi connectivity index (χ4v) is 3.84. The lowest BCUT2D eigenvalue weighted by Crippen LogP contribution is -2.31. The van der Waals surface area contributed by atoms with Gasteiger partial charge in [0.1, 0.15) is 0 Å². The first-order valence-electron chi connectivity index (χ1n) is 6.34. The molecule has 0 spiro atoms. The highest BCUT2D eigenvalue weighted by atomic mass is 79.9. The Morgan fingerprint density at radius 2 is 2.06 bits per heavy atom. The fourth-order valence-electron chi connectivity index (χ4n) is 2.61. The molecule has 1 aromatic rings. The van der Waals surface area contributed by atoms with Crippen LogP contribution in [0, 0.1) is 11.3 Å². The highest BCUT2D eigenvalue weighted by molar-refractivity contribution is 9.11. The van der Waals surface area contributed by atoms with Crippen LogP contribution in [0.1, 0.15) is 36.0 Å². The molecular weight excluding hydrogens is 358 g/mol. The maximum atomic E-state index is 12.1. The zero-order valence-corrected chi connectivity index (χ0v) is 13.2. The lowest BCUT2D eigenvalue weighted by Gasteiger charge is -2.15. The summed E-state index contributed by atoms with van der Waals surface area (Å²) in [6.07, 6.45) is 5.30. The van der Waals surface area contributed by atoms with Crippen LogP contribution >= 0.6 is 31.9 Å². The second-order valence-corrected chi connectivity index (χ2v) is 7.21. The summed E-state index contributed by atoms with van der Waals surface area (Å²) >= 11 is 6.83. The van der Waals surface area contributed by atoms with Gasteiger partial charge in [-0.15, -0.1) is 0 Å². The van der Waals surface area contributed by atoms with E-state index in [4.69, 9.17) is 0 Å². The molecule has 2 aliphatic carbocycles. The van der Waals surface area contributed by atoms with Crippen molar-refractivity contribution in [3.8, 4) is 0 Å². The van der Waals surface area contributed by atoms with Crippen LogP contribution in [-0.4, -0.2) is 12.5 Å². The monoisotopic (exact) mass is 371 g/mol. The van der Waals surface area contributed by atoms with E-state index < -0.39 is 0 Å². The van der Waals surface area contributed by atoms with Crippen molar-refractivity contribution in [1.29, 1.82) is 0 Å². The number of carbonyl (C=O) groups is 1. The van der Waals surface area contributed by atoms with E-state index in [1.165, 1.54) is 25.7 Å². The largest absolute Gasteiger partial charge is 0.351 e.